The van der Waals surface area contributed by atoms with Crippen molar-refractivity contribution in [2.45, 2.75) is 53.1 Å². The first-order chi connectivity index (χ1) is 8.43. The zero-order valence-electron chi connectivity index (χ0n) is 12.1. The van der Waals surface area contributed by atoms with E-state index in [9.17, 15) is 0 Å². The lowest BCUT2D eigenvalue weighted by Gasteiger charge is -2.27. The second kappa shape index (κ2) is 6.29. The summed E-state index contributed by atoms with van der Waals surface area (Å²) in [6.45, 7) is 11.5. The molecule has 5 heteroatoms. The number of nitrogens with two attached hydrogens (primary N) is 1. The Morgan fingerprint density at radius 2 is 2.00 bits per heavy atom. The molecule has 0 amide bonds. The van der Waals surface area contributed by atoms with Crippen molar-refractivity contribution in [1.82, 2.24) is 10.1 Å². The Bertz CT molecular complexity index is 353. The van der Waals surface area contributed by atoms with Gasteiger partial charge in [-0.3, -0.25) is 0 Å². The van der Waals surface area contributed by atoms with Crippen LogP contribution in [0.2, 0.25) is 0 Å². The second-order valence-electron chi connectivity index (χ2n) is 5.53. The van der Waals surface area contributed by atoms with Crippen LogP contribution >= 0.6 is 0 Å². The molecule has 0 aromatic carbocycles. The third kappa shape index (κ3) is 3.53. The smallest absolute Gasteiger partial charge is 0.231 e. The molecule has 18 heavy (non-hydrogen) atoms. The number of hydrogen-bond donors (Lipinski definition) is 1. The predicted octanol–water partition coefficient (Wildman–Crippen LogP) is 2.65. The van der Waals surface area contributed by atoms with Gasteiger partial charge in [0.2, 0.25) is 11.7 Å². The fourth-order valence-electron chi connectivity index (χ4n) is 1.84. The Morgan fingerprint density at radius 1 is 1.33 bits per heavy atom. The SMILES string of the molecule is CCOC(c1noc(C(CC)CN)n1)C(C)(C)C. The molecule has 0 bridgehead atoms. The van der Waals surface area contributed by atoms with Crippen LogP contribution in [0.25, 0.3) is 0 Å². The summed E-state index contributed by atoms with van der Waals surface area (Å²) in [6, 6.07) is 0. The van der Waals surface area contributed by atoms with Crippen LogP contribution in [0.15, 0.2) is 4.52 Å². The Balaban J connectivity index is 2.94. The van der Waals surface area contributed by atoms with Crippen LogP contribution < -0.4 is 5.73 Å². The Hall–Kier alpha value is -0.940. The summed E-state index contributed by atoms with van der Waals surface area (Å²) in [4.78, 5) is 4.45. The second-order valence-corrected chi connectivity index (χ2v) is 5.53. The van der Waals surface area contributed by atoms with Gasteiger partial charge in [-0.25, -0.2) is 0 Å². The van der Waals surface area contributed by atoms with Crippen LogP contribution in [0.4, 0.5) is 0 Å². The number of ether oxygens (including phenoxy) is 1. The van der Waals surface area contributed by atoms with Gasteiger partial charge < -0.3 is 15.0 Å². The summed E-state index contributed by atoms with van der Waals surface area (Å²) in [5.74, 6) is 1.36. The molecule has 5 nitrogen and oxygen atoms in total. The van der Waals surface area contributed by atoms with Crippen LogP contribution in [-0.4, -0.2) is 23.3 Å². The number of hydrogen-bond acceptors (Lipinski definition) is 5. The molecule has 2 unspecified atom stereocenters. The Kier molecular flexibility index (Phi) is 5.28. The van der Waals surface area contributed by atoms with Gasteiger partial charge in [0, 0.05) is 13.2 Å². The van der Waals surface area contributed by atoms with Crippen molar-refractivity contribution in [3.63, 3.8) is 0 Å². The average molecular weight is 255 g/mol. The minimum Gasteiger partial charge on any atom is -0.370 e. The maximum atomic E-state index is 5.74. The van der Waals surface area contributed by atoms with Crippen LogP contribution in [0.5, 0.6) is 0 Å². The lowest BCUT2D eigenvalue weighted by Crippen LogP contribution is -2.22. The lowest BCUT2D eigenvalue weighted by molar-refractivity contribution is -0.0203. The first-order valence-electron chi connectivity index (χ1n) is 6.59. The predicted molar refractivity (Wildman–Crippen MR) is 70.2 cm³/mol. The van der Waals surface area contributed by atoms with E-state index in [1.165, 1.54) is 0 Å². The first kappa shape index (κ1) is 15.1. The minimum atomic E-state index is -0.157. The van der Waals surface area contributed by atoms with E-state index in [4.69, 9.17) is 15.0 Å². The van der Waals surface area contributed by atoms with E-state index in [2.05, 4.69) is 37.8 Å². The van der Waals surface area contributed by atoms with E-state index in [0.29, 0.717) is 24.9 Å². The van der Waals surface area contributed by atoms with Gasteiger partial charge in [0.05, 0.1) is 5.92 Å². The third-order valence-electron chi connectivity index (χ3n) is 2.94. The molecule has 0 saturated heterocycles. The van der Waals surface area contributed by atoms with Crippen molar-refractivity contribution in [3.8, 4) is 0 Å². The highest BCUT2D eigenvalue weighted by Crippen LogP contribution is 2.35. The molecule has 2 atom stereocenters. The zero-order chi connectivity index (χ0) is 13.8. The molecular formula is C13H25N3O2. The van der Waals surface area contributed by atoms with Gasteiger partial charge in [-0.05, 0) is 18.8 Å². The normalized spacial score (nSPS) is 15.7. The quantitative estimate of drug-likeness (QED) is 0.845. The van der Waals surface area contributed by atoms with Gasteiger partial charge in [0.25, 0.3) is 0 Å². The van der Waals surface area contributed by atoms with Crippen LogP contribution in [0.3, 0.4) is 0 Å². The molecule has 0 aliphatic carbocycles. The van der Waals surface area contributed by atoms with Crippen LogP contribution in [-0.2, 0) is 4.74 Å². The lowest BCUT2D eigenvalue weighted by atomic mass is 9.88. The molecule has 104 valence electrons. The van der Waals surface area contributed by atoms with Crippen LogP contribution in [0, 0.1) is 5.41 Å². The van der Waals surface area contributed by atoms with Crippen LogP contribution in [0.1, 0.15) is 64.8 Å². The van der Waals surface area contributed by atoms with Crippen molar-refractivity contribution in [3.05, 3.63) is 11.7 Å². The molecule has 0 aliphatic rings. The Labute approximate surface area is 109 Å². The van der Waals surface area contributed by atoms with Gasteiger partial charge in [0.1, 0.15) is 6.10 Å². The zero-order valence-corrected chi connectivity index (χ0v) is 12.1. The summed E-state index contributed by atoms with van der Waals surface area (Å²) in [7, 11) is 0. The van der Waals surface area contributed by atoms with Crippen molar-refractivity contribution in [2.24, 2.45) is 11.1 Å². The minimum absolute atomic E-state index is 0.0679. The maximum absolute atomic E-state index is 5.74. The molecule has 1 aromatic heterocycles. The first-order valence-corrected chi connectivity index (χ1v) is 6.59. The molecule has 0 saturated carbocycles. The Morgan fingerprint density at radius 3 is 2.44 bits per heavy atom. The molecule has 1 heterocycles. The highest BCUT2D eigenvalue weighted by molar-refractivity contribution is 5.00. The standard InChI is InChI=1S/C13H25N3O2/c1-6-9(8-14)12-15-11(16-18-12)10(17-7-2)13(3,4)5/h9-10H,6-8,14H2,1-5H3. The maximum Gasteiger partial charge on any atom is 0.231 e. The average Bonchev–Trinajstić information content (AvgIpc) is 2.75. The summed E-state index contributed by atoms with van der Waals surface area (Å²) in [5.41, 5.74) is 5.62. The van der Waals surface area contributed by atoms with E-state index >= 15 is 0 Å². The molecule has 0 fully saturated rings. The van der Waals surface area contributed by atoms with E-state index in [0.717, 1.165) is 6.42 Å². The van der Waals surface area contributed by atoms with Gasteiger partial charge in [-0.2, -0.15) is 4.98 Å². The summed E-state index contributed by atoms with van der Waals surface area (Å²) >= 11 is 0. The van der Waals surface area contributed by atoms with Gasteiger partial charge in [-0.15, -0.1) is 0 Å². The van der Waals surface area contributed by atoms with E-state index in [1.807, 2.05) is 6.92 Å². The summed E-state index contributed by atoms with van der Waals surface area (Å²) in [5, 5.41) is 4.05. The van der Waals surface area contributed by atoms with Gasteiger partial charge >= 0.3 is 0 Å². The summed E-state index contributed by atoms with van der Waals surface area (Å²) in [6.07, 6.45) is 0.739. The number of rotatable bonds is 6. The molecule has 0 aliphatic heterocycles. The molecular weight excluding hydrogens is 230 g/mol. The molecule has 1 rings (SSSR count). The van der Waals surface area contributed by atoms with E-state index < -0.39 is 0 Å². The fourth-order valence-corrected chi connectivity index (χ4v) is 1.84. The molecule has 2 N–H and O–H groups in total. The van der Waals surface area contributed by atoms with Crippen molar-refractivity contribution >= 4 is 0 Å². The van der Waals surface area contributed by atoms with E-state index in [-0.39, 0.29) is 17.4 Å². The van der Waals surface area contributed by atoms with Gasteiger partial charge in [-0.1, -0.05) is 32.9 Å². The highest BCUT2D eigenvalue weighted by Gasteiger charge is 2.31. The van der Waals surface area contributed by atoms with E-state index in [1.54, 1.807) is 0 Å². The third-order valence-corrected chi connectivity index (χ3v) is 2.94. The largest absolute Gasteiger partial charge is 0.370 e. The number of aromatic nitrogens is 2. The molecule has 0 radical (unpaired) electrons. The highest BCUT2D eigenvalue weighted by atomic mass is 16.5. The monoisotopic (exact) mass is 255 g/mol. The fraction of sp³-hybridized carbons (Fsp3) is 0.846. The van der Waals surface area contributed by atoms with Crippen molar-refractivity contribution in [1.29, 1.82) is 0 Å². The van der Waals surface area contributed by atoms with Crippen molar-refractivity contribution < 1.29 is 9.26 Å². The number of nitrogens with zero attached hydrogens (tertiary/aromatic N) is 2. The van der Waals surface area contributed by atoms with Gasteiger partial charge in [0.15, 0.2) is 0 Å². The summed E-state index contributed by atoms with van der Waals surface area (Å²) < 4.78 is 11.0. The molecule has 0 spiro atoms. The molecule has 1 aromatic rings. The van der Waals surface area contributed by atoms with Crippen molar-refractivity contribution in [2.75, 3.05) is 13.2 Å². The topological polar surface area (TPSA) is 74.2 Å².